The van der Waals surface area contributed by atoms with Crippen LogP contribution in [0.2, 0.25) is 0 Å². The molecular weight excluding hydrogens is 289 g/mol. The molecular formula is C12H17F3N4S. The van der Waals surface area contributed by atoms with E-state index in [1.54, 1.807) is 11.8 Å². The van der Waals surface area contributed by atoms with Gasteiger partial charge in [0.15, 0.2) is 5.69 Å². The lowest BCUT2D eigenvalue weighted by Crippen LogP contribution is -2.40. The fraction of sp³-hybridized carbons (Fsp3) is 0.667. The molecule has 0 saturated heterocycles. The van der Waals surface area contributed by atoms with Crippen LogP contribution < -0.4 is 10.6 Å². The first-order valence-corrected chi connectivity index (χ1v) is 7.54. The van der Waals surface area contributed by atoms with E-state index in [0.29, 0.717) is 6.54 Å². The number of anilines is 2. The van der Waals surface area contributed by atoms with Crippen molar-refractivity contribution in [3.05, 3.63) is 11.8 Å². The number of hydrogen-bond acceptors (Lipinski definition) is 5. The summed E-state index contributed by atoms with van der Waals surface area (Å²) in [7, 11) is 1.49. The molecule has 0 amide bonds. The Kier molecular flexibility index (Phi) is 4.31. The van der Waals surface area contributed by atoms with Crippen LogP contribution in [0, 0.1) is 0 Å². The molecule has 2 rings (SSSR count). The Balaban J connectivity index is 2.14. The third-order valence-electron chi connectivity index (χ3n) is 3.53. The smallest absolute Gasteiger partial charge is 0.368 e. The normalized spacial score (nSPS) is 17.4. The monoisotopic (exact) mass is 306 g/mol. The number of aromatic nitrogens is 2. The van der Waals surface area contributed by atoms with Crippen molar-refractivity contribution in [2.24, 2.45) is 0 Å². The Morgan fingerprint density at radius 1 is 1.35 bits per heavy atom. The maximum atomic E-state index is 12.8. The largest absolute Gasteiger partial charge is 0.433 e. The molecule has 0 unspecified atom stereocenters. The van der Waals surface area contributed by atoms with Gasteiger partial charge in [-0.15, -0.1) is 0 Å². The molecule has 1 aromatic heterocycles. The Bertz CT molecular complexity index is 469. The highest BCUT2D eigenvalue weighted by molar-refractivity contribution is 8.00. The third kappa shape index (κ3) is 3.28. The van der Waals surface area contributed by atoms with E-state index in [9.17, 15) is 13.2 Å². The van der Waals surface area contributed by atoms with Gasteiger partial charge in [-0.2, -0.15) is 29.9 Å². The molecule has 0 spiro atoms. The minimum atomic E-state index is -4.47. The van der Waals surface area contributed by atoms with E-state index < -0.39 is 11.9 Å². The molecule has 0 bridgehead atoms. The highest BCUT2D eigenvalue weighted by Crippen LogP contribution is 2.42. The van der Waals surface area contributed by atoms with E-state index in [0.717, 1.165) is 18.9 Å². The van der Waals surface area contributed by atoms with Crippen LogP contribution >= 0.6 is 11.8 Å². The summed E-state index contributed by atoms with van der Waals surface area (Å²) in [5.74, 6) is 0.172. The number of halogens is 3. The zero-order chi connectivity index (χ0) is 14.8. The van der Waals surface area contributed by atoms with Gasteiger partial charge in [-0.3, -0.25) is 0 Å². The van der Waals surface area contributed by atoms with Gasteiger partial charge < -0.3 is 10.6 Å². The van der Waals surface area contributed by atoms with Crippen molar-refractivity contribution in [3.63, 3.8) is 0 Å². The van der Waals surface area contributed by atoms with Gasteiger partial charge in [-0.05, 0) is 19.1 Å². The number of nitrogens with one attached hydrogen (secondary N) is 2. The Morgan fingerprint density at radius 3 is 2.50 bits per heavy atom. The molecule has 0 aromatic carbocycles. The number of thioether (sulfide) groups is 1. The fourth-order valence-corrected chi connectivity index (χ4v) is 2.98. The van der Waals surface area contributed by atoms with Gasteiger partial charge in [-0.1, -0.05) is 6.42 Å². The lowest BCUT2D eigenvalue weighted by atomic mass is 9.84. The number of nitrogens with zero attached hydrogens (tertiary/aromatic N) is 2. The van der Waals surface area contributed by atoms with Crippen molar-refractivity contribution < 1.29 is 13.2 Å². The van der Waals surface area contributed by atoms with Gasteiger partial charge >= 0.3 is 6.18 Å². The molecule has 1 heterocycles. The van der Waals surface area contributed by atoms with Gasteiger partial charge in [0.2, 0.25) is 5.95 Å². The predicted octanol–water partition coefficient (Wildman–Crippen LogP) is 3.23. The average molecular weight is 306 g/mol. The van der Waals surface area contributed by atoms with Crippen molar-refractivity contribution >= 4 is 23.5 Å². The second kappa shape index (κ2) is 5.67. The van der Waals surface area contributed by atoms with Crippen LogP contribution in [0.3, 0.4) is 0 Å². The van der Waals surface area contributed by atoms with Crippen LogP contribution in [0.5, 0.6) is 0 Å². The van der Waals surface area contributed by atoms with Gasteiger partial charge in [-0.25, -0.2) is 4.98 Å². The molecule has 4 nitrogen and oxygen atoms in total. The molecule has 1 saturated carbocycles. The van der Waals surface area contributed by atoms with E-state index >= 15 is 0 Å². The first-order valence-electron chi connectivity index (χ1n) is 6.32. The molecule has 20 heavy (non-hydrogen) atoms. The molecule has 0 atom stereocenters. The number of hydrogen-bond donors (Lipinski definition) is 2. The van der Waals surface area contributed by atoms with Crippen LogP contribution in [0.15, 0.2) is 6.07 Å². The predicted molar refractivity (Wildman–Crippen MR) is 75.2 cm³/mol. The lowest BCUT2D eigenvalue weighted by molar-refractivity contribution is -0.141. The molecule has 1 aliphatic rings. The summed E-state index contributed by atoms with van der Waals surface area (Å²) in [6.07, 6.45) is 0.885. The molecule has 8 heteroatoms. The summed E-state index contributed by atoms with van der Waals surface area (Å²) in [6.45, 7) is 0.617. The van der Waals surface area contributed by atoms with E-state index in [1.807, 2.05) is 6.26 Å². The van der Waals surface area contributed by atoms with E-state index in [1.165, 1.54) is 13.5 Å². The Hall–Kier alpha value is -1.18. The first kappa shape index (κ1) is 15.2. The zero-order valence-electron chi connectivity index (χ0n) is 11.3. The Morgan fingerprint density at radius 2 is 2.05 bits per heavy atom. The molecule has 1 fully saturated rings. The van der Waals surface area contributed by atoms with E-state index in [2.05, 4.69) is 20.6 Å². The molecule has 1 aliphatic carbocycles. The SMILES string of the molecule is CNc1nc(NCC2(SC)CCC2)cc(C(F)(F)F)n1. The second-order valence-electron chi connectivity index (χ2n) is 4.80. The van der Waals surface area contributed by atoms with Crippen molar-refractivity contribution in [1.82, 2.24) is 9.97 Å². The van der Waals surface area contributed by atoms with Gasteiger partial charge in [0.05, 0.1) is 0 Å². The van der Waals surface area contributed by atoms with Crippen LogP contribution in [0.4, 0.5) is 24.9 Å². The van der Waals surface area contributed by atoms with Crippen molar-refractivity contribution in [2.45, 2.75) is 30.2 Å². The molecule has 0 radical (unpaired) electrons. The molecule has 112 valence electrons. The van der Waals surface area contributed by atoms with Crippen LogP contribution in [0.25, 0.3) is 0 Å². The topological polar surface area (TPSA) is 49.8 Å². The highest BCUT2D eigenvalue weighted by atomic mass is 32.2. The quantitative estimate of drug-likeness (QED) is 0.874. The standard InChI is InChI=1S/C12H17F3N4S/c1-16-10-18-8(12(13,14)15)6-9(19-10)17-7-11(20-2)4-3-5-11/h6H,3-5,7H2,1-2H3,(H2,16,17,18,19). The van der Waals surface area contributed by atoms with Crippen molar-refractivity contribution in [1.29, 1.82) is 0 Å². The third-order valence-corrected chi connectivity index (χ3v) is 4.95. The van der Waals surface area contributed by atoms with E-state index in [-0.39, 0.29) is 16.5 Å². The molecule has 2 N–H and O–H groups in total. The van der Waals surface area contributed by atoms with Gasteiger partial charge in [0.25, 0.3) is 0 Å². The van der Waals surface area contributed by atoms with E-state index in [4.69, 9.17) is 0 Å². The highest BCUT2D eigenvalue weighted by Gasteiger charge is 2.37. The van der Waals surface area contributed by atoms with Gasteiger partial charge in [0, 0.05) is 24.4 Å². The lowest BCUT2D eigenvalue weighted by Gasteiger charge is -2.40. The summed E-state index contributed by atoms with van der Waals surface area (Å²) in [6, 6.07) is 0.952. The minimum Gasteiger partial charge on any atom is -0.368 e. The maximum Gasteiger partial charge on any atom is 0.433 e. The van der Waals surface area contributed by atoms with Crippen LogP contribution in [0.1, 0.15) is 25.0 Å². The summed E-state index contributed by atoms with van der Waals surface area (Å²) >= 11 is 1.75. The summed E-state index contributed by atoms with van der Waals surface area (Å²) in [5, 5.41) is 5.57. The number of rotatable bonds is 5. The summed E-state index contributed by atoms with van der Waals surface area (Å²) in [5.41, 5.74) is -0.939. The first-order chi connectivity index (χ1) is 9.38. The summed E-state index contributed by atoms with van der Waals surface area (Å²) < 4.78 is 38.4. The van der Waals surface area contributed by atoms with Crippen molar-refractivity contribution in [2.75, 3.05) is 30.5 Å². The molecule has 0 aliphatic heterocycles. The summed E-state index contributed by atoms with van der Waals surface area (Å²) in [4.78, 5) is 7.45. The van der Waals surface area contributed by atoms with Crippen LogP contribution in [-0.2, 0) is 6.18 Å². The van der Waals surface area contributed by atoms with Crippen LogP contribution in [-0.4, -0.2) is 34.6 Å². The van der Waals surface area contributed by atoms with Crippen molar-refractivity contribution in [3.8, 4) is 0 Å². The fourth-order valence-electron chi connectivity index (χ4n) is 2.07. The Labute approximate surface area is 120 Å². The zero-order valence-corrected chi connectivity index (χ0v) is 12.2. The molecule has 1 aromatic rings. The number of alkyl halides is 3. The second-order valence-corrected chi connectivity index (χ2v) is 6.08. The average Bonchev–Trinajstić information content (AvgIpc) is 2.36. The maximum absolute atomic E-state index is 12.8. The van der Waals surface area contributed by atoms with Gasteiger partial charge in [0.1, 0.15) is 5.82 Å². The minimum absolute atomic E-state index is 0.0332.